The maximum Gasteiger partial charge on any atom is 0.261 e. The zero-order valence-electron chi connectivity index (χ0n) is 9.11. The zero-order valence-corrected chi connectivity index (χ0v) is 10.7. The van der Waals surface area contributed by atoms with E-state index >= 15 is 0 Å². The monoisotopic (exact) mass is 262 g/mol. The van der Waals surface area contributed by atoms with Gasteiger partial charge in [0.2, 0.25) is 10.0 Å². The number of carbonyl (C=O) groups excluding carboxylic acids is 1. The molecule has 1 aromatic rings. The van der Waals surface area contributed by atoms with Crippen LogP contribution in [0, 0.1) is 6.92 Å². The van der Waals surface area contributed by atoms with Gasteiger partial charge in [-0.05, 0) is 19.4 Å². The predicted octanol–water partition coefficient (Wildman–Crippen LogP) is 0.844. The number of sulfonamides is 1. The highest BCUT2D eigenvalue weighted by molar-refractivity contribution is 7.89. The predicted molar refractivity (Wildman–Crippen MR) is 63.1 cm³/mol. The second kappa shape index (κ2) is 4.94. The Labute approximate surface area is 98.7 Å². The van der Waals surface area contributed by atoms with Gasteiger partial charge in [-0.1, -0.05) is 6.92 Å². The number of carbonyl (C=O) groups is 1. The second-order valence-corrected chi connectivity index (χ2v) is 6.12. The molecular formula is C9H14N2O3S2. The van der Waals surface area contributed by atoms with Crippen molar-refractivity contribution in [3.05, 3.63) is 15.8 Å². The fourth-order valence-corrected chi connectivity index (χ4v) is 3.25. The van der Waals surface area contributed by atoms with Gasteiger partial charge >= 0.3 is 0 Å². The maximum atomic E-state index is 11.6. The van der Waals surface area contributed by atoms with Crippen LogP contribution < -0.4 is 10.5 Å². The Balaban J connectivity index is 2.98. The van der Waals surface area contributed by atoms with Crippen LogP contribution in [0.5, 0.6) is 0 Å². The Morgan fingerprint density at radius 1 is 1.56 bits per heavy atom. The lowest BCUT2D eigenvalue weighted by atomic mass is 10.4. The molecular weight excluding hydrogens is 248 g/mol. The summed E-state index contributed by atoms with van der Waals surface area (Å²) in [6.07, 6.45) is 0.831. The Hall–Kier alpha value is -0.920. The number of hydrogen-bond donors (Lipinski definition) is 2. The van der Waals surface area contributed by atoms with Gasteiger partial charge in [0.15, 0.2) is 0 Å². The molecule has 0 saturated carbocycles. The van der Waals surface area contributed by atoms with Crippen molar-refractivity contribution in [3.63, 3.8) is 0 Å². The molecule has 0 fully saturated rings. The SMILES string of the molecule is CCCNC(=O)c1cc(S(N)(=O)=O)c(C)s1. The zero-order chi connectivity index (χ0) is 12.3. The lowest BCUT2D eigenvalue weighted by Crippen LogP contribution is -2.23. The number of hydrogen-bond acceptors (Lipinski definition) is 4. The number of rotatable bonds is 4. The summed E-state index contributed by atoms with van der Waals surface area (Å²) in [4.78, 5) is 12.5. The Bertz CT molecular complexity index is 491. The third kappa shape index (κ3) is 3.03. The lowest BCUT2D eigenvalue weighted by molar-refractivity contribution is 0.0957. The molecule has 1 amide bonds. The molecule has 7 heteroatoms. The van der Waals surface area contributed by atoms with Gasteiger partial charge < -0.3 is 5.32 Å². The van der Waals surface area contributed by atoms with Crippen molar-refractivity contribution in [1.82, 2.24) is 5.32 Å². The number of nitrogens with two attached hydrogens (primary N) is 1. The quantitative estimate of drug-likeness (QED) is 0.842. The Morgan fingerprint density at radius 3 is 2.62 bits per heavy atom. The largest absolute Gasteiger partial charge is 0.351 e. The van der Waals surface area contributed by atoms with E-state index in [1.165, 1.54) is 6.07 Å². The van der Waals surface area contributed by atoms with E-state index in [-0.39, 0.29) is 10.8 Å². The Kier molecular flexibility index (Phi) is 4.06. The second-order valence-electron chi connectivity index (χ2n) is 3.33. The molecule has 0 atom stereocenters. The van der Waals surface area contributed by atoms with Crippen molar-refractivity contribution >= 4 is 27.3 Å². The van der Waals surface area contributed by atoms with Gasteiger partial charge in [0.1, 0.15) is 0 Å². The summed E-state index contributed by atoms with van der Waals surface area (Å²) in [6.45, 7) is 4.14. The first-order valence-electron chi connectivity index (χ1n) is 4.77. The van der Waals surface area contributed by atoms with Gasteiger partial charge in [-0.2, -0.15) is 0 Å². The summed E-state index contributed by atoms with van der Waals surface area (Å²) in [5.74, 6) is -0.259. The molecule has 0 radical (unpaired) electrons. The van der Waals surface area contributed by atoms with E-state index in [9.17, 15) is 13.2 Å². The van der Waals surface area contributed by atoms with Gasteiger partial charge in [-0.25, -0.2) is 13.6 Å². The molecule has 0 unspecified atom stereocenters. The van der Waals surface area contributed by atoms with Crippen LogP contribution in [-0.2, 0) is 10.0 Å². The fraction of sp³-hybridized carbons (Fsp3) is 0.444. The Morgan fingerprint density at radius 2 is 2.19 bits per heavy atom. The molecule has 0 aromatic carbocycles. The number of nitrogens with one attached hydrogen (secondary N) is 1. The molecule has 16 heavy (non-hydrogen) atoms. The molecule has 5 nitrogen and oxygen atoms in total. The van der Waals surface area contributed by atoms with Gasteiger partial charge in [0.05, 0.1) is 9.77 Å². The van der Waals surface area contributed by atoms with Crippen molar-refractivity contribution in [2.75, 3.05) is 6.54 Å². The van der Waals surface area contributed by atoms with Gasteiger partial charge in [0, 0.05) is 11.4 Å². The molecule has 0 saturated heterocycles. The summed E-state index contributed by atoms with van der Waals surface area (Å²) in [7, 11) is -3.74. The minimum absolute atomic E-state index is 0.0270. The van der Waals surface area contributed by atoms with Crippen LogP contribution in [0.1, 0.15) is 27.9 Å². The first-order chi connectivity index (χ1) is 7.36. The van der Waals surface area contributed by atoms with Crippen LogP contribution in [0.3, 0.4) is 0 Å². The number of aryl methyl sites for hydroxylation is 1. The molecule has 0 aliphatic rings. The van der Waals surface area contributed by atoms with Crippen LogP contribution in [0.25, 0.3) is 0 Å². The first-order valence-corrected chi connectivity index (χ1v) is 7.14. The molecule has 90 valence electrons. The number of primary sulfonamides is 1. The normalized spacial score (nSPS) is 11.4. The van der Waals surface area contributed by atoms with Crippen LogP contribution >= 0.6 is 11.3 Å². The van der Waals surface area contributed by atoms with Crippen LogP contribution in [0.4, 0.5) is 0 Å². The lowest BCUT2D eigenvalue weighted by Gasteiger charge is -1.99. The third-order valence-corrected chi connectivity index (χ3v) is 4.15. The van der Waals surface area contributed by atoms with Crippen molar-refractivity contribution < 1.29 is 13.2 Å². The smallest absolute Gasteiger partial charge is 0.261 e. The van der Waals surface area contributed by atoms with Gasteiger partial charge in [0.25, 0.3) is 5.91 Å². The minimum atomic E-state index is -3.74. The van der Waals surface area contributed by atoms with Gasteiger partial charge in [-0.3, -0.25) is 4.79 Å². The third-order valence-electron chi connectivity index (χ3n) is 1.94. The summed E-state index contributed by atoms with van der Waals surface area (Å²) in [5.41, 5.74) is 0. The molecule has 0 bridgehead atoms. The number of thiophene rings is 1. The van der Waals surface area contributed by atoms with E-state index in [1.54, 1.807) is 6.92 Å². The van der Waals surface area contributed by atoms with E-state index in [4.69, 9.17) is 5.14 Å². The van der Waals surface area contributed by atoms with E-state index in [1.807, 2.05) is 6.92 Å². The summed E-state index contributed by atoms with van der Waals surface area (Å²) >= 11 is 1.13. The van der Waals surface area contributed by atoms with Crippen LogP contribution in [-0.4, -0.2) is 20.9 Å². The summed E-state index contributed by atoms with van der Waals surface area (Å²) < 4.78 is 22.3. The highest BCUT2D eigenvalue weighted by Gasteiger charge is 2.18. The van der Waals surface area contributed by atoms with Crippen molar-refractivity contribution in [3.8, 4) is 0 Å². The van der Waals surface area contributed by atoms with E-state index < -0.39 is 10.0 Å². The standard InChI is InChI=1S/C9H14N2O3S2/c1-3-4-11-9(12)7-5-8(6(2)15-7)16(10,13)14/h5H,3-4H2,1-2H3,(H,11,12)(H2,10,13,14). The van der Waals surface area contributed by atoms with Crippen molar-refractivity contribution in [2.24, 2.45) is 5.14 Å². The topological polar surface area (TPSA) is 89.3 Å². The molecule has 3 N–H and O–H groups in total. The maximum absolute atomic E-state index is 11.6. The molecule has 1 heterocycles. The van der Waals surface area contributed by atoms with Gasteiger partial charge in [-0.15, -0.1) is 11.3 Å². The molecule has 1 aromatic heterocycles. The summed E-state index contributed by atoms with van der Waals surface area (Å²) in [6, 6.07) is 1.32. The van der Waals surface area contributed by atoms with E-state index in [0.29, 0.717) is 16.3 Å². The highest BCUT2D eigenvalue weighted by atomic mass is 32.2. The van der Waals surface area contributed by atoms with Crippen LogP contribution in [0.15, 0.2) is 11.0 Å². The minimum Gasteiger partial charge on any atom is -0.351 e. The van der Waals surface area contributed by atoms with E-state index in [2.05, 4.69) is 5.32 Å². The average molecular weight is 262 g/mol. The van der Waals surface area contributed by atoms with Crippen molar-refractivity contribution in [1.29, 1.82) is 0 Å². The first kappa shape index (κ1) is 13.1. The number of amides is 1. The highest BCUT2D eigenvalue weighted by Crippen LogP contribution is 2.24. The summed E-state index contributed by atoms with van der Waals surface area (Å²) in [5, 5.41) is 7.69. The average Bonchev–Trinajstić information content (AvgIpc) is 2.56. The molecule has 0 aliphatic heterocycles. The van der Waals surface area contributed by atoms with Crippen molar-refractivity contribution in [2.45, 2.75) is 25.2 Å². The van der Waals surface area contributed by atoms with E-state index in [0.717, 1.165) is 17.8 Å². The molecule has 0 spiro atoms. The molecule has 1 rings (SSSR count). The molecule has 0 aliphatic carbocycles. The fourth-order valence-electron chi connectivity index (χ4n) is 1.19. The van der Waals surface area contributed by atoms with Crippen LogP contribution in [0.2, 0.25) is 0 Å².